The van der Waals surface area contributed by atoms with Gasteiger partial charge in [-0.05, 0) is 31.9 Å². The van der Waals surface area contributed by atoms with Crippen molar-refractivity contribution in [1.29, 1.82) is 0 Å². The number of hydrogen-bond donors (Lipinski definition) is 1. The van der Waals surface area contributed by atoms with Gasteiger partial charge in [-0.2, -0.15) is 0 Å². The normalized spacial score (nSPS) is 14.0. The van der Waals surface area contributed by atoms with E-state index in [2.05, 4.69) is 5.32 Å². The van der Waals surface area contributed by atoms with Crippen molar-refractivity contribution in [1.82, 2.24) is 5.32 Å². The molecular formula is C15H19NO3. The minimum atomic E-state index is -0.0495. The smallest absolute Gasteiger partial charge is 0.220 e. The fraction of sp³-hybridized carbons (Fsp3) is 0.467. The number of aryl methyl sites for hydroxylation is 1. The van der Waals surface area contributed by atoms with Crippen LogP contribution in [0.1, 0.15) is 41.6 Å². The zero-order valence-electron chi connectivity index (χ0n) is 11.4. The highest BCUT2D eigenvalue weighted by molar-refractivity contribution is 6.00. The molecule has 0 spiro atoms. The Labute approximate surface area is 113 Å². The van der Waals surface area contributed by atoms with E-state index in [9.17, 15) is 9.59 Å². The largest absolute Gasteiger partial charge is 0.496 e. The summed E-state index contributed by atoms with van der Waals surface area (Å²) in [7, 11) is 1.54. The van der Waals surface area contributed by atoms with E-state index in [-0.39, 0.29) is 24.5 Å². The number of methoxy groups -OCH3 is 1. The van der Waals surface area contributed by atoms with Gasteiger partial charge in [0.15, 0.2) is 5.78 Å². The first-order valence-corrected chi connectivity index (χ1v) is 6.57. The molecular weight excluding hydrogens is 242 g/mol. The fourth-order valence-electron chi connectivity index (χ4n) is 1.93. The predicted octanol–water partition coefficient (Wildman–Crippen LogP) is 2.25. The van der Waals surface area contributed by atoms with Gasteiger partial charge in [0.05, 0.1) is 12.7 Å². The molecule has 2 rings (SSSR count). The van der Waals surface area contributed by atoms with Crippen molar-refractivity contribution in [3.63, 3.8) is 0 Å². The lowest BCUT2D eigenvalue weighted by molar-refractivity contribution is -0.121. The Balaban J connectivity index is 1.94. The van der Waals surface area contributed by atoms with Crippen LogP contribution in [0.2, 0.25) is 0 Å². The number of hydrogen-bond acceptors (Lipinski definition) is 3. The molecule has 19 heavy (non-hydrogen) atoms. The van der Waals surface area contributed by atoms with Crippen LogP contribution in [-0.2, 0) is 4.79 Å². The van der Waals surface area contributed by atoms with Crippen LogP contribution in [0.15, 0.2) is 18.2 Å². The van der Waals surface area contributed by atoms with Crippen LogP contribution in [0, 0.1) is 6.92 Å². The van der Waals surface area contributed by atoms with Crippen molar-refractivity contribution < 1.29 is 14.3 Å². The Morgan fingerprint density at radius 1 is 1.32 bits per heavy atom. The van der Waals surface area contributed by atoms with Crippen LogP contribution >= 0.6 is 0 Å². The molecule has 102 valence electrons. The van der Waals surface area contributed by atoms with Crippen LogP contribution in [0.3, 0.4) is 0 Å². The number of carbonyl (C=O) groups excluding carboxylic acids is 2. The quantitative estimate of drug-likeness (QED) is 0.799. The maximum atomic E-state index is 12.1. The molecule has 0 aliphatic heterocycles. The number of ether oxygens (including phenoxy) is 1. The van der Waals surface area contributed by atoms with Crippen molar-refractivity contribution in [2.45, 2.75) is 38.6 Å². The van der Waals surface area contributed by atoms with E-state index in [4.69, 9.17) is 4.74 Å². The number of rotatable bonds is 6. The molecule has 0 bridgehead atoms. The molecule has 0 unspecified atom stereocenters. The summed E-state index contributed by atoms with van der Waals surface area (Å²) in [5, 5.41) is 2.88. The molecule has 1 amide bonds. The van der Waals surface area contributed by atoms with Crippen LogP contribution in [-0.4, -0.2) is 24.8 Å². The molecule has 0 radical (unpaired) electrons. The lowest BCUT2D eigenvalue weighted by Gasteiger charge is -2.08. The van der Waals surface area contributed by atoms with Crippen molar-refractivity contribution >= 4 is 11.7 Å². The summed E-state index contributed by atoms with van der Waals surface area (Å²) in [4.78, 5) is 23.7. The number of amides is 1. The fourth-order valence-corrected chi connectivity index (χ4v) is 1.93. The number of benzene rings is 1. The van der Waals surface area contributed by atoms with Gasteiger partial charge >= 0.3 is 0 Å². The van der Waals surface area contributed by atoms with E-state index < -0.39 is 0 Å². The topological polar surface area (TPSA) is 55.4 Å². The molecule has 1 fully saturated rings. The highest BCUT2D eigenvalue weighted by Gasteiger charge is 2.23. The lowest BCUT2D eigenvalue weighted by Crippen LogP contribution is -2.25. The van der Waals surface area contributed by atoms with Gasteiger partial charge in [0, 0.05) is 18.9 Å². The van der Waals surface area contributed by atoms with Gasteiger partial charge in [-0.1, -0.05) is 11.6 Å². The SMILES string of the molecule is COc1ccc(C)cc1C(=O)CCC(=O)NC1CC1. The van der Waals surface area contributed by atoms with Crippen molar-refractivity contribution in [2.24, 2.45) is 0 Å². The summed E-state index contributed by atoms with van der Waals surface area (Å²) in [6.07, 6.45) is 2.58. The molecule has 4 heteroatoms. The Hall–Kier alpha value is -1.84. The number of nitrogens with one attached hydrogen (secondary N) is 1. The third-order valence-corrected chi connectivity index (χ3v) is 3.18. The summed E-state index contributed by atoms with van der Waals surface area (Å²) >= 11 is 0. The molecule has 0 heterocycles. The minimum absolute atomic E-state index is 0.0394. The number of carbonyl (C=O) groups is 2. The average Bonchev–Trinajstić information content (AvgIpc) is 3.19. The van der Waals surface area contributed by atoms with Crippen LogP contribution in [0.4, 0.5) is 0 Å². The summed E-state index contributed by atoms with van der Waals surface area (Å²) < 4.78 is 5.18. The first kappa shape index (κ1) is 13.6. The standard InChI is InChI=1S/C15H19NO3/c1-10-3-7-14(19-2)12(9-10)13(17)6-8-15(18)16-11-4-5-11/h3,7,9,11H,4-6,8H2,1-2H3,(H,16,18). The van der Waals surface area contributed by atoms with Gasteiger partial charge in [0.25, 0.3) is 0 Å². The Morgan fingerprint density at radius 2 is 2.05 bits per heavy atom. The Bertz CT molecular complexity index is 492. The van der Waals surface area contributed by atoms with Gasteiger partial charge in [0.2, 0.25) is 5.91 Å². The molecule has 1 aromatic rings. The molecule has 1 aliphatic rings. The van der Waals surface area contributed by atoms with E-state index in [1.165, 1.54) is 0 Å². The summed E-state index contributed by atoms with van der Waals surface area (Å²) in [5.74, 6) is 0.479. The van der Waals surface area contributed by atoms with Crippen molar-refractivity contribution in [3.8, 4) is 5.75 Å². The average molecular weight is 261 g/mol. The molecule has 4 nitrogen and oxygen atoms in total. The molecule has 0 atom stereocenters. The molecule has 1 aliphatic carbocycles. The monoisotopic (exact) mass is 261 g/mol. The molecule has 1 N–H and O–H groups in total. The third-order valence-electron chi connectivity index (χ3n) is 3.18. The highest BCUT2D eigenvalue weighted by Crippen LogP contribution is 2.22. The second kappa shape index (κ2) is 5.87. The van der Waals surface area contributed by atoms with E-state index in [0.29, 0.717) is 17.4 Å². The first-order valence-electron chi connectivity index (χ1n) is 6.57. The lowest BCUT2D eigenvalue weighted by atomic mass is 10.0. The summed E-state index contributed by atoms with van der Waals surface area (Å²) in [5.41, 5.74) is 1.56. The Morgan fingerprint density at radius 3 is 2.68 bits per heavy atom. The zero-order valence-corrected chi connectivity index (χ0v) is 11.4. The van der Waals surface area contributed by atoms with Gasteiger partial charge in [0.1, 0.15) is 5.75 Å². The van der Waals surface area contributed by atoms with Crippen LogP contribution < -0.4 is 10.1 Å². The summed E-state index contributed by atoms with van der Waals surface area (Å²) in [6, 6.07) is 5.83. The van der Waals surface area contributed by atoms with Crippen LogP contribution in [0.5, 0.6) is 5.75 Å². The van der Waals surface area contributed by atoms with Crippen LogP contribution in [0.25, 0.3) is 0 Å². The predicted molar refractivity (Wildman–Crippen MR) is 72.5 cm³/mol. The van der Waals surface area contributed by atoms with Crippen molar-refractivity contribution in [2.75, 3.05) is 7.11 Å². The number of Topliss-reactive ketones (excluding diaryl/α,β-unsaturated/α-hetero) is 1. The van der Waals surface area contributed by atoms with Crippen molar-refractivity contribution in [3.05, 3.63) is 29.3 Å². The van der Waals surface area contributed by atoms with E-state index in [0.717, 1.165) is 18.4 Å². The third kappa shape index (κ3) is 3.81. The highest BCUT2D eigenvalue weighted by atomic mass is 16.5. The van der Waals surface area contributed by atoms with Gasteiger partial charge in [-0.3, -0.25) is 9.59 Å². The molecule has 1 saturated carbocycles. The van der Waals surface area contributed by atoms with Gasteiger partial charge in [-0.15, -0.1) is 0 Å². The first-order chi connectivity index (χ1) is 9.10. The van der Waals surface area contributed by atoms with E-state index in [1.54, 1.807) is 19.2 Å². The Kier molecular flexibility index (Phi) is 4.20. The van der Waals surface area contributed by atoms with Gasteiger partial charge in [-0.25, -0.2) is 0 Å². The zero-order chi connectivity index (χ0) is 13.8. The molecule has 0 saturated heterocycles. The second-order valence-electron chi connectivity index (χ2n) is 4.97. The second-order valence-corrected chi connectivity index (χ2v) is 4.97. The minimum Gasteiger partial charge on any atom is -0.496 e. The molecule has 0 aromatic heterocycles. The number of ketones is 1. The molecule has 1 aromatic carbocycles. The maximum Gasteiger partial charge on any atom is 0.220 e. The van der Waals surface area contributed by atoms with Gasteiger partial charge < -0.3 is 10.1 Å². The van der Waals surface area contributed by atoms with E-state index >= 15 is 0 Å². The maximum absolute atomic E-state index is 12.1. The summed E-state index contributed by atoms with van der Waals surface area (Å²) in [6.45, 7) is 1.93. The van der Waals surface area contributed by atoms with E-state index in [1.807, 2.05) is 13.0 Å².